The Morgan fingerprint density at radius 2 is 2.00 bits per heavy atom. The van der Waals surface area contributed by atoms with E-state index in [1.54, 1.807) is 12.0 Å². The molecule has 3 rings (SSSR count). The zero-order chi connectivity index (χ0) is 19.2. The number of benzene rings is 2. The Morgan fingerprint density at radius 1 is 1.18 bits per heavy atom. The molecule has 0 saturated heterocycles. The number of nitrogens with one attached hydrogen (secondary N) is 2. The summed E-state index contributed by atoms with van der Waals surface area (Å²) in [5.41, 5.74) is 3.65. The summed E-state index contributed by atoms with van der Waals surface area (Å²) in [6.45, 7) is 1.29. The first kappa shape index (κ1) is 21.7. The van der Waals surface area contributed by atoms with Gasteiger partial charge in [-0.05, 0) is 48.9 Å². The fourth-order valence-electron chi connectivity index (χ4n) is 3.23. The second-order valence-electron chi connectivity index (χ2n) is 6.57. The summed E-state index contributed by atoms with van der Waals surface area (Å²) in [6, 6.07) is 13.3. The molecular weight excluding hydrogens is 378 g/mol. The van der Waals surface area contributed by atoms with Gasteiger partial charge in [0.15, 0.2) is 0 Å². The lowest BCUT2D eigenvalue weighted by atomic mass is 10.1. The van der Waals surface area contributed by atoms with Crippen LogP contribution in [0.25, 0.3) is 0 Å². The molecule has 7 heteroatoms. The molecule has 2 aromatic rings. The van der Waals surface area contributed by atoms with E-state index in [0.717, 1.165) is 34.7 Å². The molecule has 0 atom stereocenters. The van der Waals surface area contributed by atoms with Gasteiger partial charge >= 0.3 is 0 Å². The van der Waals surface area contributed by atoms with Crippen LogP contribution >= 0.6 is 12.4 Å². The van der Waals surface area contributed by atoms with Gasteiger partial charge in [0.25, 0.3) is 0 Å². The van der Waals surface area contributed by atoms with Crippen LogP contribution in [0, 0.1) is 0 Å². The first-order valence-corrected chi connectivity index (χ1v) is 9.11. The van der Waals surface area contributed by atoms with Gasteiger partial charge in [0.1, 0.15) is 5.75 Å². The van der Waals surface area contributed by atoms with Crippen molar-refractivity contribution in [3.63, 3.8) is 0 Å². The van der Waals surface area contributed by atoms with Crippen LogP contribution in [0.4, 0.5) is 11.4 Å². The standard InChI is InChI=1S/C21H25N3O3.ClH/c1-22-10-8-20(25)23-17-7-6-16-9-11-24(19(16)14-17)21(26)13-15-4-3-5-18(12-15)27-2;/h3-7,12,14,22H,8-11,13H2,1-2H3,(H,23,25);1H. The maximum atomic E-state index is 12.8. The summed E-state index contributed by atoms with van der Waals surface area (Å²) in [5.74, 6) is 0.742. The van der Waals surface area contributed by atoms with Crippen LogP contribution in [-0.4, -0.2) is 39.1 Å². The Hall–Kier alpha value is -2.57. The van der Waals surface area contributed by atoms with Gasteiger partial charge in [-0.15, -0.1) is 12.4 Å². The highest BCUT2D eigenvalue weighted by atomic mass is 35.5. The van der Waals surface area contributed by atoms with Crippen molar-refractivity contribution in [1.82, 2.24) is 5.32 Å². The van der Waals surface area contributed by atoms with Crippen LogP contribution in [0.1, 0.15) is 17.5 Å². The van der Waals surface area contributed by atoms with E-state index in [9.17, 15) is 9.59 Å². The number of hydrogen-bond acceptors (Lipinski definition) is 4. The van der Waals surface area contributed by atoms with Gasteiger partial charge < -0.3 is 20.3 Å². The van der Waals surface area contributed by atoms with Crippen molar-refractivity contribution in [3.8, 4) is 5.75 Å². The zero-order valence-electron chi connectivity index (χ0n) is 16.2. The number of halogens is 1. The van der Waals surface area contributed by atoms with Crippen molar-refractivity contribution in [2.45, 2.75) is 19.3 Å². The van der Waals surface area contributed by atoms with Crippen molar-refractivity contribution < 1.29 is 14.3 Å². The summed E-state index contributed by atoms with van der Waals surface area (Å²) in [6.07, 6.45) is 1.55. The Labute approximate surface area is 171 Å². The van der Waals surface area contributed by atoms with Crippen molar-refractivity contribution in [2.24, 2.45) is 0 Å². The fourth-order valence-corrected chi connectivity index (χ4v) is 3.23. The van der Waals surface area contributed by atoms with Gasteiger partial charge in [-0.2, -0.15) is 0 Å². The number of ether oxygens (including phenoxy) is 1. The number of anilines is 2. The normalized spacial score (nSPS) is 12.1. The highest BCUT2D eigenvalue weighted by Crippen LogP contribution is 2.31. The van der Waals surface area contributed by atoms with E-state index < -0.39 is 0 Å². The van der Waals surface area contributed by atoms with Crippen LogP contribution in [0.5, 0.6) is 5.75 Å². The molecule has 2 amide bonds. The van der Waals surface area contributed by atoms with Crippen LogP contribution in [0.2, 0.25) is 0 Å². The van der Waals surface area contributed by atoms with Gasteiger partial charge in [-0.25, -0.2) is 0 Å². The van der Waals surface area contributed by atoms with E-state index in [1.807, 2.05) is 49.5 Å². The number of hydrogen-bond donors (Lipinski definition) is 2. The maximum absolute atomic E-state index is 12.8. The molecule has 0 aliphatic carbocycles. The molecule has 2 aromatic carbocycles. The van der Waals surface area contributed by atoms with E-state index in [2.05, 4.69) is 10.6 Å². The summed E-state index contributed by atoms with van der Waals surface area (Å²) in [4.78, 5) is 26.6. The SMILES string of the molecule is CNCCC(=O)Nc1ccc2c(c1)N(C(=O)Cc1cccc(OC)c1)CC2.Cl. The van der Waals surface area contributed by atoms with Crippen molar-refractivity contribution in [3.05, 3.63) is 53.6 Å². The lowest BCUT2D eigenvalue weighted by molar-refractivity contribution is -0.118. The van der Waals surface area contributed by atoms with E-state index in [1.165, 1.54) is 0 Å². The molecule has 6 nitrogen and oxygen atoms in total. The van der Waals surface area contributed by atoms with Crippen LogP contribution < -0.4 is 20.3 Å². The van der Waals surface area contributed by atoms with E-state index >= 15 is 0 Å². The molecule has 28 heavy (non-hydrogen) atoms. The molecule has 0 fully saturated rings. The molecular formula is C21H26ClN3O3. The molecule has 2 N–H and O–H groups in total. The van der Waals surface area contributed by atoms with Crippen molar-refractivity contribution in [1.29, 1.82) is 0 Å². The highest BCUT2D eigenvalue weighted by Gasteiger charge is 2.25. The van der Waals surface area contributed by atoms with Crippen molar-refractivity contribution >= 4 is 35.6 Å². The second kappa shape index (κ2) is 10.1. The monoisotopic (exact) mass is 403 g/mol. The number of carbonyl (C=O) groups is 2. The molecule has 0 bridgehead atoms. The molecule has 1 aliphatic rings. The number of carbonyl (C=O) groups excluding carboxylic acids is 2. The lowest BCUT2D eigenvalue weighted by Gasteiger charge is -2.18. The molecule has 1 aliphatic heterocycles. The van der Waals surface area contributed by atoms with Gasteiger partial charge in [-0.1, -0.05) is 18.2 Å². The number of methoxy groups -OCH3 is 1. The maximum Gasteiger partial charge on any atom is 0.231 e. The third kappa shape index (κ3) is 5.24. The molecule has 150 valence electrons. The van der Waals surface area contributed by atoms with Crippen LogP contribution in [-0.2, 0) is 22.4 Å². The fraction of sp³-hybridized carbons (Fsp3) is 0.333. The largest absolute Gasteiger partial charge is 0.497 e. The minimum atomic E-state index is -0.0449. The predicted octanol–water partition coefficient (Wildman–Crippen LogP) is 2.80. The molecule has 0 radical (unpaired) electrons. The zero-order valence-corrected chi connectivity index (χ0v) is 17.0. The quantitative estimate of drug-likeness (QED) is 0.745. The Morgan fingerprint density at radius 3 is 2.75 bits per heavy atom. The Kier molecular flexibility index (Phi) is 7.84. The number of rotatable bonds is 7. The number of nitrogens with zero attached hydrogens (tertiary/aromatic N) is 1. The summed E-state index contributed by atoms with van der Waals surface area (Å²) in [7, 11) is 3.43. The third-order valence-corrected chi connectivity index (χ3v) is 4.66. The van der Waals surface area contributed by atoms with Gasteiger partial charge in [0, 0.05) is 30.9 Å². The molecule has 0 unspecified atom stereocenters. The lowest BCUT2D eigenvalue weighted by Crippen LogP contribution is -2.30. The Bertz CT molecular complexity index is 841. The predicted molar refractivity (Wildman–Crippen MR) is 114 cm³/mol. The minimum absolute atomic E-state index is 0. The molecule has 0 aromatic heterocycles. The summed E-state index contributed by atoms with van der Waals surface area (Å²) >= 11 is 0. The number of fused-ring (bicyclic) bond motifs is 1. The highest BCUT2D eigenvalue weighted by molar-refractivity contribution is 5.98. The average molecular weight is 404 g/mol. The average Bonchev–Trinajstić information content (AvgIpc) is 3.10. The number of amides is 2. The molecule has 0 spiro atoms. The second-order valence-corrected chi connectivity index (χ2v) is 6.57. The minimum Gasteiger partial charge on any atom is -0.497 e. The molecule has 1 heterocycles. The van der Waals surface area contributed by atoms with E-state index in [0.29, 0.717) is 25.9 Å². The first-order chi connectivity index (χ1) is 13.1. The Balaban J connectivity index is 0.00000280. The summed E-state index contributed by atoms with van der Waals surface area (Å²) < 4.78 is 5.23. The molecule has 0 saturated carbocycles. The van der Waals surface area contributed by atoms with E-state index in [4.69, 9.17) is 4.74 Å². The van der Waals surface area contributed by atoms with Gasteiger partial charge in [-0.3, -0.25) is 9.59 Å². The smallest absolute Gasteiger partial charge is 0.231 e. The van der Waals surface area contributed by atoms with E-state index in [-0.39, 0.29) is 24.2 Å². The first-order valence-electron chi connectivity index (χ1n) is 9.11. The van der Waals surface area contributed by atoms with Gasteiger partial charge in [0.2, 0.25) is 11.8 Å². The summed E-state index contributed by atoms with van der Waals surface area (Å²) in [5, 5.41) is 5.85. The third-order valence-electron chi connectivity index (χ3n) is 4.66. The van der Waals surface area contributed by atoms with Crippen LogP contribution in [0.15, 0.2) is 42.5 Å². The topological polar surface area (TPSA) is 70.7 Å². The van der Waals surface area contributed by atoms with Crippen LogP contribution in [0.3, 0.4) is 0 Å². The van der Waals surface area contributed by atoms with Gasteiger partial charge in [0.05, 0.1) is 13.5 Å². The van der Waals surface area contributed by atoms with Crippen molar-refractivity contribution in [2.75, 3.05) is 37.5 Å².